The second kappa shape index (κ2) is 21.6. The number of nitrogens with zero attached hydrogens (tertiary/aromatic N) is 3. The maximum atomic E-state index is 12.9. The zero-order chi connectivity index (χ0) is 43.0. The number of pyridine rings is 1. The number of anilines is 3. The number of imide groups is 1. The highest BCUT2D eigenvalue weighted by Crippen LogP contribution is 2.30. The molecule has 1 atom stereocenters. The second-order valence-electron chi connectivity index (χ2n) is 13.9. The van der Waals surface area contributed by atoms with Crippen LogP contribution in [0.25, 0.3) is 10.8 Å². The minimum atomic E-state index is -1.13. The number of rotatable bonds is 17. The first-order valence-corrected chi connectivity index (χ1v) is 19.4. The van der Waals surface area contributed by atoms with Gasteiger partial charge >= 0.3 is 30.3 Å². The van der Waals surface area contributed by atoms with E-state index in [1.807, 2.05) is 50.2 Å². The highest BCUT2D eigenvalue weighted by atomic mass is 16.6. The molecule has 1 unspecified atom stereocenters. The maximum Gasteiger partial charge on any atom is 0.425 e. The summed E-state index contributed by atoms with van der Waals surface area (Å²) in [6.45, 7) is 4.51. The van der Waals surface area contributed by atoms with E-state index < -0.39 is 36.4 Å². The summed E-state index contributed by atoms with van der Waals surface area (Å²) in [5, 5.41) is 17.0. The van der Waals surface area contributed by atoms with Gasteiger partial charge in [-0.3, -0.25) is 5.32 Å². The average Bonchev–Trinajstić information content (AvgIpc) is 3.24. The standard InChI is InChI=1S/C45H49N5O10/c1-5-6-10-23-59-45(56)50(44(55)57-4)40-38-19-18-37(27-34(38)20-22-46-40)47-39(41(51)52)35-17-16-33(30(2)25-35)21-24-58-42(53)48-36-15-11-14-32(26-36)28-49(3)43(54)60-29-31-12-8-7-9-13-31/h7-9,11-20,22,25-27,39,47H,5-6,10,21,23-24,28-29H2,1-4H3,(H,48,53)(H,51,52). The summed E-state index contributed by atoms with van der Waals surface area (Å²) in [6.07, 6.45) is 1.26. The third-order valence-electron chi connectivity index (χ3n) is 9.44. The molecule has 0 bridgehead atoms. The number of carboxylic acids is 1. The van der Waals surface area contributed by atoms with Crippen LogP contribution in [0.15, 0.2) is 103 Å². The van der Waals surface area contributed by atoms with E-state index in [2.05, 4.69) is 15.6 Å². The molecule has 1 heterocycles. The summed E-state index contributed by atoms with van der Waals surface area (Å²) in [5.74, 6) is -1.10. The Hall–Kier alpha value is -7.16. The van der Waals surface area contributed by atoms with E-state index in [0.29, 0.717) is 40.6 Å². The number of aliphatic carboxylic acids is 1. The lowest BCUT2D eigenvalue weighted by Crippen LogP contribution is -2.38. The van der Waals surface area contributed by atoms with E-state index in [4.69, 9.17) is 18.9 Å². The average molecular weight is 820 g/mol. The molecular formula is C45H49N5O10. The Balaban J connectivity index is 1.16. The molecule has 15 nitrogen and oxygen atoms in total. The highest BCUT2D eigenvalue weighted by molar-refractivity contribution is 6.13. The van der Waals surface area contributed by atoms with E-state index in [1.165, 1.54) is 11.1 Å². The number of nitrogens with one attached hydrogen (secondary N) is 2. The molecule has 60 heavy (non-hydrogen) atoms. The Morgan fingerprint density at radius 3 is 2.30 bits per heavy atom. The highest BCUT2D eigenvalue weighted by Gasteiger charge is 2.29. The van der Waals surface area contributed by atoms with E-state index in [0.717, 1.165) is 47.1 Å². The van der Waals surface area contributed by atoms with E-state index >= 15 is 0 Å². The van der Waals surface area contributed by atoms with Gasteiger partial charge in [-0.2, -0.15) is 4.90 Å². The van der Waals surface area contributed by atoms with Crippen LogP contribution in [-0.2, 0) is 43.3 Å². The first-order valence-electron chi connectivity index (χ1n) is 19.4. The maximum absolute atomic E-state index is 12.9. The van der Waals surface area contributed by atoms with Gasteiger partial charge < -0.3 is 34.3 Å². The summed E-state index contributed by atoms with van der Waals surface area (Å²) in [6, 6.07) is 27.2. The van der Waals surface area contributed by atoms with Crippen LogP contribution in [0.1, 0.15) is 60.0 Å². The number of fused-ring (bicyclic) bond motifs is 1. The molecule has 1 aromatic heterocycles. The lowest BCUT2D eigenvalue weighted by Gasteiger charge is -2.21. The Kier molecular flexibility index (Phi) is 15.8. The van der Waals surface area contributed by atoms with Crippen molar-refractivity contribution in [1.82, 2.24) is 9.88 Å². The molecule has 0 fully saturated rings. The zero-order valence-electron chi connectivity index (χ0n) is 34.0. The van der Waals surface area contributed by atoms with Gasteiger partial charge in [0.2, 0.25) is 0 Å². The molecule has 0 aliphatic heterocycles. The molecule has 0 aliphatic carbocycles. The first kappa shape index (κ1) is 44.0. The van der Waals surface area contributed by atoms with Crippen LogP contribution in [0.3, 0.4) is 0 Å². The van der Waals surface area contributed by atoms with Crippen molar-refractivity contribution >= 4 is 58.3 Å². The molecule has 314 valence electrons. The third-order valence-corrected chi connectivity index (χ3v) is 9.44. The number of aryl methyl sites for hydroxylation is 1. The number of ether oxygens (including phenoxy) is 4. The van der Waals surface area contributed by atoms with Crippen LogP contribution in [0.5, 0.6) is 0 Å². The Morgan fingerprint density at radius 2 is 1.57 bits per heavy atom. The molecule has 0 aliphatic rings. The van der Waals surface area contributed by atoms with Crippen molar-refractivity contribution < 1.29 is 48.0 Å². The fourth-order valence-corrected chi connectivity index (χ4v) is 6.30. The van der Waals surface area contributed by atoms with Crippen molar-refractivity contribution in [3.05, 3.63) is 131 Å². The van der Waals surface area contributed by atoms with Crippen LogP contribution < -0.4 is 15.5 Å². The second-order valence-corrected chi connectivity index (χ2v) is 13.9. The van der Waals surface area contributed by atoms with Gasteiger partial charge in [-0.25, -0.2) is 29.0 Å². The van der Waals surface area contributed by atoms with Gasteiger partial charge in [0.1, 0.15) is 6.61 Å². The van der Waals surface area contributed by atoms with E-state index in [-0.39, 0.29) is 32.2 Å². The number of hydrogen-bond acceptors (Lipinski definition) is 11. The van der Waals surface area contributed by atoms with Crippen molar-refractivity contribution in [2.24, 2.45) is 0 Å². The summed E-state index contributed by atoms with van der Waals surface area (Å²) >= 11 is 0. The third kappa shape index (κ3) is 12.2. The number of amides is 4. The number of aromatic nitrogens is 1. The molecule has 5 rings (SSSR count). The van der Waals surface area contributed by atoms with Crippen molar-refractivity contribution in [2.45, 2.75) is 58.7 Å². The number of methoxy groups -OCH3 is 1. The predicted octanol–water partition coefficient (Wildman–Crippen LogP) is 9.24. The number of benzene rings is 4. The lowest BCUT2D eigenvalue weighted by molar-refractivity contribution is -0.138. The van der Waals surface area contributed by atoms with E-state index in [1.54, 1.807) is 67.7 Å². The molecular weight excluding hydrogens is 771 g/mol. The van der Waals surface area contributed by atoms with E-state index in [9.17, 15) is 29.1 Å². The van der Waals surface area contributed by atoms with Crippen LogP contribution in [0, 0.1) is 6.92 Å². The summed E-state index contributed by atoms with van der Waals surface area (Å²) in [7, 11) is 2.79. The first-order chi connectivity index (χ1) is 29.0. The SMILES string of the molecule is CCCCCOC(=O)N(C(=O)OC)c1nccc2cc(NC(C(=O)O)c3ccc(CCOC(=O)Nc4cccc(CN(C)C(=O)OCc5ccccc5)c4)c(C)c3)ccc12. The predicted molar refractivity (Wildman–Crippen MR) is 226 cm³/mol. The summed E-state index contributed by atoms with van der Waals surface area (Å²) in [5.41, 5.74) is 4.81. The van der Waals surface area contributed by atoms with Gasteiger partial charge in [0.25, 0.3) is 0 Å². The van der Waals surface area contributed by atoms with Crippen LogP contribution in [0.4, 0.5) is 36.4 Å². The number of unbranched alkanes of at least 4 members (excludes halogenated alkanes) is 2. The minimum Gasteiger partial charge on any atom is -0.479 e. The summed E-state index contributed by atoms with van der Waals surface area (Å²) in [4.78, 5) is 69.8. The van der Waals surface area contributed by atoms with Gasteiger partial charge in [0.05, 0.1) is 20.3 Å². The number of carbonyl (C=O) groups excluding carboxylic acids is 4. The number of carbonyl (C=O) groups is 5. The normalized spacial score (nSPS) is 11.2. The molecule has 0 radical (unpaired) electrons. The number of hydrogen-bond donors (Lipinski definition) is 3. The lowest BCUT2D eigenvalue weighted by atomic mass is 9.98. The molecule has 0 saturated heterocycles. The molecule has 0 saturated carbocycles. The van der Waals surface area contributed by atoms with Gasteiger partial charge in [0, 0.05) is 43.0 Å². The number of carboxylic acid groups (broad SMARTS) is 1. The van der Waals surface area contributed by atoms with Gasteiger partial charge in [0.15, 0.2) is 11.9 Å². The van der Waals surface area contributed by atoms with Crippen molar-refractivity contribution in [3.8, 4) is 0 Å². The molecule has 4 amide bonds. The van der Waals surface area contributed by atoms with Gasteiger partial charge in [-0.1, -0.05) is 80.4 Å². The molecule has 15 heteroatoms. The molecule has 5 aromatic rings. The Bertz CT molecular complexity index is 2290. The monoisotopic (exact) mass is 819 g/mol. The smallest absolute Gasteiger partial charge is 0.425 e. The fraction of sp³-hybridized carbons (Fsp3) is 0.289. The molecule has 3 N–H and O–H groups in total. The van der Waals surface area contributed by atoms with Crippen LogP contribution in [-0.4, -0.2) is 72.7 Å². The van der Waals surface area contributed by atoms with Gasteiger partial charge in [-0.15, -0.1) is 0 Å². The van der Waals surface area contributed by atoms with Crippen molar-refractivity contribution in [2.75, 3.05) is 42.9 Å². The molecule has 4 aromatic carbocycles. The fourth-order valence-electron chi connectivity index (χ4n) is 6.30. The van der Waals surface area contributed by atoms with Crippen molar-refractivity contribution in [1.29, 1.82) is 0 Å². The van der Waals surface area contributed by atoms with Crippen molar-refractivity contribution in [3.63, 3.8) is 0 Å². The van der Waals surface area contributed by atoms with Crippen LogP contribution >= 0.6 is 0 Å². The Labute approximate surface area is 348 Å². The zero-order valence-corrected chi connectivity index (χ0v) is 34.0. The molecule has 0 spiro atoms. The topological polar surface area (TPSA) is 186 Å². The largest absolute Gasteiger partial charge is 0.479 e. The van der Waals surface area contributed by atoms with Crippen LogP contribution in [0.2, 0.25) is 0 Å². The Morgan fingerprint density at radius 1 is 0.783 bits per heavy atom. The minimum absolute atomic E-state index is 0.0157. The summed E-state index contributed by atoms with van der Waals surface area (Å²) < 4.78 is 21.0. The van der Waals surface area contributed by atoms with Gasteiger partial charge in [-0.05, 0) is 82.9 Å². The quantitative estimate of drug-likeness (QED) is 0.0597.